The van der Waals surface area contributed by atoms with E-state index in [2.05, 4.69) is 41.2 Å². The van der Waals surface area contributed by atoms with Crippen molar-refractivity contribution < 1.29 is 4.74 Å². The first-order chi connectivity index (χ1) is 14.5. The Hall–Kier alpha value is -3.99. The van der Waals surface area contributed by atoms with Gasteiger partial charge in [-0.2, -0.15) is 0 Å². The lowest BCUT2D eigenvalue weighted by molar-refractivity contribution is 0.426. The summed E-state index contributed by atoms with van der Waals surface area (Å²) in [5.74, 6) is 1.68. The highest BCUT2D eigenvalue weighted by atomic mass is 16.5. The van der Waals surface area contributed by atoms with E-state index in [0.717, 1.165) is 61.2 Å². The molecule has 0 radical (unpaired) electrons. The summed E-state index contributed by atoms with van der Waals surface area (Å²) in [4.78, 5) is 7.64. The summed E-state index contributed by atoms with van der Waals surface area (Å²) in [7, 11) is 0. The van der Waals surface area contributed by atoms with Gasteiger partial charge in [-0.05, 0) is 77.0 Å². The molecule has 30 heavy (non-hydrogen) atoms. The van der Waals surface area contributed by atoms with E-state index in [1.54, 1.807) is 6.33 Å². The molecule has 4 aromatic carbocycles. The van der Waals surface area contributed by atoms with Crippen LogP contribution in [-0.2, 0) is 5.41 Å². The van der Waals surface area contributed by atoms with E-state index in [-0.39, 0.29) is 0 Å². The van der Waals surface area contributed by atoms with Crippen LogP contribution in [0.5, 0.6) is 11.5 Å². The molecule has 0 atom stereocenters. The van der Waals surface area contributed by atoms with Gasteiger partial charge in [-0.25, -0.2) is 4.98 Å². The minimum absolute atomic E-state index is 0.475. The van der Waals surface area contributed by atoms with E-state index in [1.807, 2.05) is 42.6 Å². The quantitative estimate of drug-likeness (QED) is 0.336. The van der Waals surface area contributed by atoms with Gasteiger partial charge in [0.05, 0.1) is 11.7 Å². The van der Waals surface area contributed by atoms with Crippen molar-refractivity contribution in [3.05, 3.63) is 90.0 Å². The molecule has 0 saturated carbocycles. The Morgan fingerprint density at radius 3 is 1.83 bits per heavy atom. The number of H-pyrrole nitrogens is 1. The molecule has 6 rings (SSSR count). The molecule has 5 nitrogen and oxygen atoms in total. The van der Waals surface area contributed by atoms with Crippen molar-refractivity contribution in [2.24, 2.45) is 0 Å². The summed E-state index contributed by atoms with van der Waals surface area (Å²) in [6.45, 7) is 2.21. The monoisotopic (exact) mass is 392 g/mol. The van der Waals surface area contributed by atoms with Crippen LogP contribution in [0.1, 0.15) is 23.7 Å². The molecular weight excluding hydrogens is 372 g/mol. The summed E-state index contributed by atoms with van der Waals surface area (Å²) in [6, 6.07) is 20.4. The normalized spacial score (nSPS) is 14.3. The maximum Gasteiger partial charge on any atom is 0.132 e. The molecule has 0 saturated heterocycles. The Bertz CT molecular complexity index is 1360. The van der Waals surface area contributed by atoms with Crippen molar-refractivity contribution in [2.75, 3.05) is 11.5 Å². The summed E-state index contributed by atoms with van der Waals surface area (Å²) in [6.07, 6.45) is 3.60. The third-order valence-corrected chi connectivity index (χ3v) is 6.26. The third-order valence-electron chi connectivity index (χ3n) is 6.26. The van der Waals surface area contributed by atoms with Crippen molar-refractivity contribution in [1.29, 1.82) is 0 Å². The van der Waals surface area contributed by atoms with Gasteiger partial charge in [0.2, 0.25) is 0 Å². The van der Waals surface area contributed by atoms with E-state index in [0.29, 0.717) is 0 Å². The second kappa shape index (κ2) is 5.76. The molecule has 0 bridgehead atoms. The van der Waals surface area contributed by atoms with Crippen molar-refractivity contribution in [2.45, 2.75) is 12.3 Å². The summed E-state index contributed by atoms with van der Waals surface area (Å²) in [5.41, 5.74) is 16.3. The van der Waals surface area contributed by atoms with Crippen molar-refractivity contribution in [3.63, 3.8) is 0 Å². The lowest BCUT2D eigenvalue weighted by Gasteiger charge is -2.37. The zero-order chi connectivity index (χ0) is 20.5. The topological polar surface area (TPSA) is 90.0 Å². The number of aromatic nitrogens is 2. The highest BCUT2D eigenvalue weighted by molar-refractivity contribution is 5.91. The van der Waals surface area contributed by atoms with E-state index >= 15 is 0 Å². The number of nitrogens with zero attached hydrogens (tertiary/aromatic N) is 1. The number of benzene rings is 4. The maximum atomic E-state index is 6.45. The second-order valence-electron chi connectivity index (χ2n) is 8.10. The number of nitrogens with one attached hydrogen (secondary N) is 1. The van der Waals surface area contributed by atoms with Crippen LogP contribution >= 0.6 is 0 Å². The Morgan fingerprint density at radius 1 is 0.767 bits per heavy atom. The number of aromatic amines is 1. The highest BCUT2D eigenvalue weighted by Gasteiger charge is 2.41. The molecular formula is C25H20N4O. The molecule has 0 spiro atoms. The first kappa shape index (κ1) is 16.9. The smallest absolute Gasteiger partial charge is 0.132 e. The van der Waals surface area contributed by atoms with Crippen LogP contribution in [0.3, 0.4) is 0 Å². The van der Waals surface area contributed by atoms with Gasteiger partial charge in [0.15, 0.2) is 0 Å². The third kappa shape index (κ3) is 2.26. The number of nitrogens with two attached hydrogens (primary N) is 2. The van der Waals surface area contributed by atoms with Crippen LogP contribution in [0.25, 0.3) is 21.5 Å². The number of fused-ring (bicyclic) bond motifs is 4. The molecule has 1 aliphatic rings. The Balaban J connectivity index is 1.71. The number of rotatable bonds is 1. The van der Waals surface area contributed by atoms with Crippen LogP contribution in [0.2, 0.25) is 0 Å². The minimum atomic E-state index is -0.475. The molecule has 5 aromatic rings. The van der Waals surface area contributed by atoms with E-state index in [4.69, 9.17) is 16.2 Å². The molecule has 146 valence electrons. The second-order valence-corrected chi connectivity index (χ2v) is 8.10. The zero-order valence-electron chi connectivity index (χ0n) is 16.4. The number of anilines is 2. The lowest BCUT2D eigenvalue weighted by Crippen LogP contribution is -2.30. The van der Waals surface area contributed by atoms with Gasteiger partial charge in [-0.15, -0.1) is 0 Å². The number of hydrogen-bond donors (Lipinski definition) is 3. The number of imidazole rings is 1. The minimum Gasteiger partial charge on any atom is -0.457 e. The van der Waals surface area contributed by atoms with Crippen LogP contribution in [0, 0.1) is 0 Å². The van der Waals surface area contributed by atoms with Gasteiger partial charge >= 0.3 is 0 Å². The van der Waals surface area contributed by atoms with Gasteiger partial charge in [0, 0.05) is 34.4 Å². The van der Waals surface area contributed by atoms with E-state index < -0.39 is 5.41 Å². The predicted octanol–water partition coefficient (Wildman–Crippen LogP) is 5.34. The number of hydrogen-bond acceptors (Lipinski definition) is 4. The standard InChI is InChI=1S/C25H20N4O/c1-25(24-12-28-13-29-24)20-8-16-6-18(26)4-2-14(16)10-22(20)30-23-11-15-3-5-19(27)7-17(15)9-21(23)25/h2-13H,26-27H2,1H3,(H,28,29). The van der Waals surface area contributed by atoms with Crippen molar-refractivity contribution >= 4 is 32.9 Å². The molecule has 5 N–H and O–H groups in total. The molecule has 1 aliphatic heterocycles. The fourth-order valence-corrected chi connectivity index (χ4v) is 4.62. The van der Waals surface area contributed by atoms with Gasteiger partial charge in [-0.1, -0.05) is 12.1 Å². The van der Waals surface area contributed by atoms with Crippen LogP contribution in [0.4, 0.5) is 11.4 Å². The Labute approximate surface area is 173 Å². The Kier molecular flexibility index (Phi) is 3.25. The zero-order valence-corrected chi connectivity index (χ0v) is 16.4. The Morgan fingerprint density at radius 2 is 1.33 bits per heavy atom. The first-order valence-corrected chi connectivity index (χ1v) is 9.86. The molecule has 2 heterocycles. The van der Waals surface area contributed by atoms with Crippen LogP contribution in [-0.4, -0.2) is 9.97 Å². The maximum absolute atomic E-state index is 6.45. The fourth-order valence-electron chi connectivity index (χ4n) is 4.62. The summed E-state index contributed by atoms with van der Waals surface area (Å²) in [5, 5.41) is 4.34. The van der Waals surface area contributed by atoms with Gasteiger partial charge in [0.25, 0.3) is 0 Å². The largest absolute Gasteiger partial charge is 0.457 e. The van der Waals surface area contributed by atoms with Gasteiger partial charge < -0.3 is 21.2 Å². The molecule has 0 aliphatic carbocycles. The number of ether oxygens (including phenoxy) is 1. The van der Waals surface area contributed by atoms with Crippen molar-refractivity contribution in [3.8, 4) is 11.5 Å². The fraction of sp³-hybridized carbons (Fsp3) is 0.0800. The predicted molar refractivity (Wildman–Crippen MR) is 121 cm³/mol. The van der Waals surface area contributed by atoms with Gasteiger partial charge in [0.1, 0.15) is 11.5 Å². The highest BCUT2D eigenvalue weighted by Crippen LogP contribution is 2.53. The molecule has 0 unspecified atom stereocenters. The molecule has 0 amide bonds. The van der Waals surface area contributed by atoms with Crippen molar-refractivity contribution in [1.82, 2.24) is 9.97 Å². The van der Waals surface area contributed by atoms with E-state index in [1.165, 1.54) is 0 Å². The lowest BCUT2D eigenvalue weighted by atomic mass is 9.71. The molecule has 0 fully saturated rings. The van der Waals surface area contributed by atoms with Crippen LogP contribution < -0.4 is 16.2 Å². The summed E-state index contributed by atoms with van der Waals surface area (Å²) < 4.78 is 6.45. The molecule has 5 heteroatoms. The van der Waals surface area contributed by atoms with Gasteiger partial charge in [-0.3, -0.25) is 0 Å². The summed E-state index contributed by atoms with van der Waals surface area (Å²) >= 11 is 0. The van der Waals surface area contributed by atoms with Crippen LogP contribution in [0.15, 0.2) is 73.2 Å². The van der Waals surface area contributed by atoms with E-state index in [9.17, 15) is 0 Å². The molecule has 1 aromatic heterocycles. The average Bonchev–Trinajstić information content (AvgIpc) is 3.28. The first-order valence-electron chi connectivity index (χ1n) is 9.86. The number of nitrogen functional groups attached to an aromatic ring is 2. The SMILES string of the molecule is CC1(c2cnc[nH]2)c2cc3cc(N)ccc3cc2Oc2cc3ccc(N)cc3cc21. The average molecular weight is 392 g/mol.